The Balaban J connectivity index is 2.41. The molecule has 0 spiro atoms. The lowest BCUT2D eigenvalue weighted by atomic mass is 10.1. The zero-order valence-corrected chi connectivity index (χ0v) is 10.2. The molecule has 0 saturated heterocycles. The van der Waals surface area contributed by atoms with Crippen molar-refractivity contribution in [2.45, 2.75) is 6.92 Å². The van der Waals surface area contributed by atoms with Crippen molar-refractivity contribution in [3.05, 3.63) is 35.9 Å². The summed E-state index contributed by atoms with van der Waals surface area (Å²) in [4.78, 5) is 15.5. The molecule has 2 aromatic rings. The van der Waals surface area contributed by atoms with E-state index in [9.17, 15) is 4.79 Å². The van der Waals surface area contributed by atoms with Gasteiger partial charge in [0.1, 0.15) is 12.4 Å². The normalized spacial score (nSPS) is 9.89. The Labute approximate surface area is 109 Å². The van der Waals surface area contributed by atoms with Gasteiger partial charge < -0.3 is 10.5 Å². The number of ether oxygens (including phenoxy) is 1. The van der Waals surface area contributed by atoms with Gasteiger partial charge in [0, 0.05) is 5.69 Å². The lowest BCUT2D eigenvalue weighted by Crippen LogP contribution is -2.09. The molecular weight excluding hydrogens is 246 g/mol. The highest BCUT2D eigenvalue weighted by Gasteiger charge is 2.13. The number of nitriles is 1. The molecule has 0 aliphatic heterocycles. The van der Waals surface area contributed by atoms with Crippen LogP contribution in [0.2, 0.25) is 0 Å². The van der Waals surface area contributed by atoms with E-state index < -0.39 is 5.97 Å². The van der Waals surface area contributed by atoms with Gasteiger partial charge in [-0.3, -0.25) is 0 Å². The van der Waals surface area contributed by atoms with E-state index >= 15 is 0 Å². The molecule has 1 heterocycles. The maximum absolute atomic E-state index is 11.7. The van der Waals surface area contributed by atoms with Crippen LogP contribution in [0, 0.1) is 11.3 Å². The summed E-state index contributed by atoms with van der Waals surface area (Å²) in [6.07, 6.45) is 1.39. The second kappa shape index (κ2) is 5.18. The van der Waals surface area contributed by atoms with E-state index in [0.717, 1.165) is 0 Å². The van der Waals surface area contributed by atoms with Gasteiger partial charge in [0.2, 0.25) is 0 Å². The van der Waals surface area contributed by atoms with E-state index in [1.165, 1.54) is 11.0 Å². The van der Waals surface area contributed by atoms with Gasteiger partial charge in [-0.2, -0.15) is 5.26 Å². The minimum Gasteiger partial charge on any atom is -0.462 e. The van der Waals surface area contributed by atoms with Crippen molar-refractivity contribution < 1.29 is 9.53 Å². The van der Waals surface area contributed by atoms with Crippen molar-refractivity contribution >= 4 is 11.7 Å². The Hall–Kier alpha value is -2.88. The van der Waals surface area contributed by atoms with E-state index in [2.05, 4.69) is 10.1 Å². The molecular formula is C12H11N5O2. The van der Waals surface area contributed by atoms with Gasteiger partial charge in [0.05, 0.1) is 17.9 Å². The molecule has 0 saturated carbocycles. The molecule has 2 N–H and O–H groups in total. The topological polar surface area (TPSA) is 107 Å². The third-order valence-electron chi connectivity index (χ3n) is 2.39. The zero-order chi connectivity index (χ0) is 13.8. The third-order valence-corrected chi connectivity index (χ3v) is 2.39. The van der Waals surface area contributed by atoms with Crippen LogP contribution in [-0.2, 0) is 4.74 Å². The lowest BCUT2D eigenvalue weighted by molar-refractivity contribution is 0.0527. The second-order valence-corrected chi connectivity index (χ2v) is 3.62. The minimum atomic E-state index is -0.498. The Morgan fingerprint density at radius 2 is 2.37 bits per heavy atom. The number of carbonyl (C=O) groups is 1. The molecule has 0 radical (unpaired) electrons. The molecule has 0 aliphatic carbocycles. The quantitative estimate of drug-likeness (QED) is 0.646. The van der Waals surface area contributed by atoms with Gasteiger partial charge in [0.25, 0.3) is 5.82 Å². The fourth-order valence-corrected chi connectivity index (χ4v) is 1.51. The molecule has 96 valence electrons. The molecule has 2 rings (SSSR count). The van der Waals surface area contributed by atoms with E-state index in [-0.39, 0.29) is 18.0 Å². The van der Waals surface area contributed by atoms with E-state index in [1.807, 2.05) is 6.07 Å². The first-order valence-electron chi connectivity index (χ1n) is 5.54. The zero-order valence-electron chi connectivity index (χ0n) is 10.2. The highest BCUT2D eigenvalue weighted by atomic mass is 16.5. The van der Waals surface area contributed by atoms with Crippen LogP contribution < -0.4 is 5.73 Å². The van der Waals surface area contributed by atoms with Crippen LogP contribution in [0.25, 0.3) is 5.69 Å². The lowest BCUT2D eigenvalue weighted by Gasteiger charge is -2.07. The highest BCUT2D eigenvalue weighted by Crippen LogP contribution is 2.17. The van der Waals surface area contributed by atoms with Crippen molar-refractivity contribution in [3.8, 4) is 11.8 Å². The van der Waals surface area contributed by atoms with Gasteiger partial charge in [-0.05, 0) is 25.1 Å². The highest BCUT2D eigenvalue weighted by molar-refractivity contribution is 5.95. The molecule has 0 bridgehead atoms. The van der Waals surface area contributed by atoms with Gasteiger partial charge in [-0.15, -0.1) is 5.10 Å². The van der Waals surface area contributed by atoms with Gasteiger partial charge in [-0.25, -0.2) is 14.5 Å². The van der Waals surface area contributed by atoms with E-state index in [4.69, 9.17) is 15.7 Å². The number of nitrogen functional groups attached to an aromatic ring is 1. The van der Waals surface area contributed by atoms with Crippen LogP contribution >= 0.6 is 0 Å². The second-order valence-electron chi connectivity index (χ2n) is 3.62. The number of carbonyl (C=O) groups excluding carboxylic acids is 1. The first-order chi connectivity index (χ1) is 9.15. The summed E-state index contributed by atoms with van der Waals surface area (Å²) in [5, 5.41) is 12.6. The minimum absolute atomic E-state index is 0.0505. The fourth-order valence-electron chi connectivity index (χ4n) is 1.51. The van der Waals surface area contributed by atoms with E-state index in [1.54, 1.807) is 25.1 Å². The molecule has 0 amide bonds. The number of rotatable bonds is 3. The SMILES string of the molecule is CCOC(=O)c1cc(-n2cnc(C#N)n2)ccc1N. The predicted octanol–water partition coefficient (Wildman–Crippen LogP) is 0.898. The molecule has 7 nitrogen and oxygen atoms in total. The van der Waals surface area contributed by atoms with Crippen molar-refractivity contribution in [2.75, 3.05) is 12.3 Å². The number of anilines is 1. The van der Waals surface area contributed by atoms with Crippen LogP contribution in [0.15, 0.2) is 24.5 Å². The predicted molar refractivity (Wildman–Crippen MR) is 66.4 cm³/mol. The van der Waals surface area contributed by atoms with E-state index in [0.29, 0.717) is 11.4 Å². The van der Waals surface area contributed by atoms with Crippen LogP contribution in [0.4, 0.5) is 5.69 Å². The first kappa shape index (κ1) is 12.6. The standard InChI is InChI=1S/C12H11N5O2/c1-2-19-12(18)9-5-8(3-4-10(9)14)17-7-15-11(6-13)16-17/h3-5,7H,2,14H2,1H3. The third kappa shape index (κ3) is 2.52. The fraction of sp³-hybridized carbons (Fsp3) is 0.167. The largest absolute Gasteiger partial charge is 0.462 e. The number of aromatic nitrogens is 3. The molecule has 0 aliphatic rings. The molecule has 0 atom stereocenters. The monoisotopic (exact) mass is 257 g/mol. The van der Waals surface area contributed by atoms with Gasteiger partial charge in [-0.1, -0.05) is 0 Å². The summed E-state index contributed by atoms with van der Waals surface area (Å²) < 4.78 is 6.30. The summed E-state index contributed by atoms with van der Waals surface area (Å²) in [7, 11) is 0. The van der Waals surface area contributed by atoms with Crippen molar-refractivity contribution in [1.82, 2.24) is 14.8 Å². The molecule has 1 aromatic heterocycles. The summed E-state index contributed by atoms with van der Waals surface area (Å²) in [6.45, 7) is 1.99. The number of benzene rings is 1. The Bertz CT molecular complexity index is 656. The summed E-state index contributed by atoms with van der Waals surface area (Å²) >= 11 is 0. The smallest absolute Gasteiger partial charge is 0.340 e. The van der Waals surface area contributed by atoms with Crippen LogP contribution in [0.1, 0.15) is 23.1 Å². The molecule has 1 aromatic carbocycles. The van der Waals surface area contributed by atoms with Crippen molar-refractivity contribution in [2.24, 2.45) is 0 Å². The average Bonchev–Trinajstić information content (AvgIpc) is 2.88. The van der Waals surface area contributed by atoms with Crippen LogP contribution in [0.3, 0.4) is 0 Å². The van der Waals surface area contributed by atoms with Crippen LogP contribution in [0.5, 0.6) is 0 Å². The van der Waals surface area contributed by atoms with Crippen molar-refractivity contribution in [3.63, 3.8) is 0 Å². The molecule has 7 heteroatoms. The number of hydrogen-bond acceptors (Lipinski definition) is 6. The first-order valence-corrected chi connectivity index (χ1v) is 5.54. The number of esters is 1. The Morgan fingerprint density at radius 3 is 3.00 bits per heavy atom. The number of hydrogen-bond donors (Lipinski definition) is 1. The van der Waals surface area contributed by atoms with Crippen molar-refractivity contribution in [1.29, 1.82) is 5.26 Å². The number of nitrogens with two attached hydrogens (primary N) is 1. The summed E-state index contributed by atoms with van der Waals surface area (Å²) in [5.74, 6) is -0.447. The molecule has 0 fully saturated rings. The summed E-state index contributed by atoms with van der Waals surface area (Å²) in [5.41, 5.74) is 6.89. The Morgan fingerprint density at radius 1 is 1.58 bits per heavy atom. The van der Waals surface area contributed by atoms with Gasteiger partial charge in [0.15, 0.2) is 0 Å². The maximum atomic E-state index is 11.7. The summed E-state index contributed by atoms with van der Waals surface area (Å²) in [6, 6.07) is 6.62. The van der Waals surface area contributed by atoms with Gasteiger partial charge >= 0.3 is 5.97 Å². The Kier molecular flexibility index (Phi) is 3.43. The molecule has 19 heavy (non-hydrogen) atoms. The average molecular weight is 257 g/mol. The maximum Gasteiger partial charge on any atom is 0.340 e. The number of nitrogens with zero attached hydrogens (tertiary/aromatic N) is 4. The molecule has 0 unspecified atom stereocenters. The van der Waals surface area contributed by atoms with Crippen LogP contribution in [-0.4, -0.2) is 27.3 Å².